The van der Waals surface area contributed by atoms with Crippen LogP contribution in [0.15, 0.2) is 29.2 Å². The quantitative estimate of drug-likeness (QED) is 0.793. The summed E-state index contributed by atoms with van der Waals surface area (Å²) in [6.45, 7) is 4.44. The minimum Gasteiger partial charge on any atom is -0.315 e. The number of halogens is 1. The van der Waals surface area contributed by atoms with E-state index in [1.165, 1.54) is 16.9 Å². The largest absolute Gasteiger partial charge is 0.315 e. The predicted molar refractivity (Wildman–Crippen MR) is 77.2 cm³/mol. The van der Waals surface area contributed by atoms with E-state index in [4.69, 9.17) is 11.6 Å². The van der Waals surface area contributed by atoms with Crippen LogP contribution in [0.2, 0.25) is 0 Å². The van der Waals surface area contributed by atoms with Crippen molar-refractivity contribution in [2.45, 2.75) is 29.9 Å². The summed E-state index contributed by atoms with van der Waals surface area (Å²) in [5.41, 5.74) is 1.51. The molecule has 2 atom stereocenters. The predicted octanol–water partition coefficient (Wildman–Crippen LogP) is 3.56. The average Bonchev–Trinajstić information content (AvgIpc) is 2.71. The highest BCUT2D eigenvalue weighted by Gasteiger charge is 2.21. The lowest BCUT2D eigenvalue weighted by Crippen LogP contribution is -2.28. The summed E-state index contributed by atoms with van der Waals surface area (Å²) >= 11 is 7.74. The van der Waals surface area contributed by atoms with E-state index in [2.05, 4.69) is 36.5 Å². The maximum atomic E-state index is 5.73. The van der Waals surface area contributed by atoms with Crippen LogP contribution < -0.4 is 5.32 Å². The molecule has 3 heteroatoms. The molecule has 0 saturated carbocycles. The van der Waals surface area contributed by atoms with Crippen molar-refractivity contribution >= 4 is 23.4 Å². The number of alkyl halides is 1. The van der Waals surface area contributed by atoms with Gasteiger partial charge in [-0.2, -0.15) is 0 Å². The first kappa shape index (κ1) is 13.3. The fraction of sp³-hybridized carbons (Fsp3) is 0.571. The molecule has 0 amide bonds. The molecule has 2 unspecified atom stereocenters. The number of hydrogen-bond donors (Lipinski definition) is 1. The molecule has 1 heterocycles. The van der Waals surface area contributed by atoms with Crippen LogP contribution in [-0.2, 0) is 6.42 Å². The van der Waals surface area contributed by atoms with Crippen molar-refractivity contribution in [2.75, 3.05) is 19.0 Å². The molecule has 0 aliphatic carbocycles. The molecule has 1 aliphatic heterocycles. The van der Waals surface area contributed by atoms with E-state index in [0.29, 0.717) is 11.2 Å². The van der Waals surface area contributed by atoms with Gasteiger partial charge in [0.2, 0.25) is 0 Å². The summed E-state index contributed by atoms with van der Waals surface area (Å²) in [5, 5.41) is 4.27. The smallest absolute Gasteiger partial charge is 0.0260 e. The van der Waals surface area contributed by atoms with Crippen LogP contribution in [0.1, 0.15) is 18.9 Å². The van der Waals surface area contributed by atoms with Gasteiger partial charge in [0, 0.05) is 22.6 Å². The van der Waals surface area contributed by atoms with Gasteiger partial charge in [0.1, 0.15) is 0 Å². The lowest BCUT2D eigenvalue weighted by Gasteiger charge is -2.13. The molecule has 0 fully saturated rings. The van der Waals surface area contributed by atoms with Crippen LogP contribution in [0.4, 0.5) is 0 Å². The Kier molecular flexibility index (Phi) is 5.20. The summed E-state index contributed by atoms with van der Waals surface area (Å²) in [6.07, 6.45) is 2.31. The number of fused-ring (bicyclic) bond motifs is 1. The molecule has 1 nitrogen and oxygen atoms in total. The van der Waals surface area contributed by atoms with Crippen molar-refractivity contribution in [3.8, 4) is 0 Å². The molecule has 1 N–H and O–H groups in total. The van der Waals surface area contributed by atoms with Crippen molar-refractivity contribution in [3.63, 3.8) is 0 Å². The molecule has 0 bridgehead atoms. The maximum Gasteiger partial charge on any atom is 0.0260 e. The first-order chi connectivity index (χ1) is 8.29. The third kappa shape index (κ3) is 3.90. The first-order valence-electron chi connectivity index (χ1n) is 6.31. The normalized spacial score (nSPS) is 20.2. The van der Waals surface area contributed by atoms with Crippen LogP contribution >= 0.6 is 23.4 Å². The molecule has 1 aliphatic rings. The topological polar surface area (TPSA) is 12.0 Å². The van der Waals surface area contributed by atoms with Crippen LogP contribution in [0.25, 0.3) is 0 Å². The third-order valence-corrected chi connectivity index (χ3v) is 4.72. The minimum atomic E-state index is 0.682. The van der Waals surface area contributed by atoms with Gasteiger partial charge in [-0.15, -0.1) is 23.4 Å². The van der Waals surface area contributed by atoms with Gasteiger partial charge in [0.05, 0.1) is 0 Å². The number of nitrogens with one attached hydrogen (secondary N) is 1. The van der Waals surface area contributed by atoms with Crippen molar-refractivity contribution in [1.29, 1.82) is 0 Å². The molecule has 17 heavy (non-hydrogen) atoms. The number of hydrogen-bond acceptors (Lipinski definition) is 2. The monoisotopic (exact) mass is 269 g/mol. The number of benzene rings is 1. The fourth-order valence-corrected chi connectivity index (χ4v) is 3.80. The van der Waals surface area contributed by atoms with E-state index in [1.807, 2.05) is 11.8 Å². The van der Waals surface area contributed by atoms with Crippen molar-refractivity contribution in [1.82, 2.24) is 5.32 Å². The molecular weight excluding hydrogens is 250 g/mol. The van der Waals surface area contributed by atoms with Gasteiger partial charge in [0.15, 0.2) is 0 Å². The van der Waals surface area contributed by atoms with Crippen LogP contribution in [0.3, 0.4) is 0 Å². The standard InChI is InChI=1S/C14H20ClNS/c1-11(6-7-15)9-16-10-13-8-12-4-2-3-5-14(12)17-13/h2-5,11,13,16H,6-10H2,1H3. The van der Waals surface area contributed by atoms with E-state index in [1.54, 1.807) is 0 Å². The Morgan fingerprint density at radius 1 is 1.47 bits per heavy atom. The molecule has 0 radical (unpaired) electrons. The molecule has 0 aromatic heterocycles. The summed E-state index contributed by atoms with van der Waals surface area (Å²) in [6, 6.07) is 8.75. The Morgan fingerprint density at radius 3 is 3.06 bits per heavy atom. The Bertz CT molecular complexity index is 331. The minimum absolute atomic E-state index is 0.682. The van der Waals surface area contributed by atoms with Crippen molar-refractivity contribution in [3.05, 3.63) is 29.8 Å². The second-order valence-corrected chi connectivity index (χ2v) is 6.51. The van der Waals surface area contributed by atoms with Crippen LogP contribution in [0.5, 0.6) is 0 Å². The van der Waals surface area contributed by atoms with Crippen molar-refractivity contribution < 1.29 is 0 Å². The highest BCUT2D eigenvalue weighted by molar-refractivity contribution is 8.00. The highest BCUT2D eigenvalue weighted by Crippen LogP contribution is 2.36. The van der Waals surface area contributed by atoms with Crippen molar-refractivity contribution in [2.24, 2.45) is 5.92 Å². The first-order valence-corrected chi connectivity index (χ1v) is 7.72. The zero-order valence-corrected chi connectivity index (χ0v) is 11.9. The molecule has 94 valence electrons. The molecular formula is C14H20ClNS. The lowest BCUT2D eigenvalue weighted by atomic mass is 10.1. The zero-order valence-electron chi connectivity index (χ0n) is 10.3. The van der Waals surface area contributed by atoms with Gasteiger partial charge in [0.25, 0.3) is 0 Å². The molecule has 0 saturated heterocycles. The summed E-state index contributed by atoms with van der Waals surface area (Å²) in [4.78, 5) is 1.47. The van der Waals surface area contributed by atoms with Crippen LogP contribution in [0, 0.1) is 5.92 Å². The van der Waals surface area contributed by atoms with Gasteiger partial charge in [-0.1, -0.05) is 25.1 Å². The Balaban J connectivity index is 1.70. The number of rotatable bonds is 6. The van der Waals surface area contributed by atoms with Gasteiger partial charge < -0.3 is 5.32 Å². The lowest BCUT2D eigenvalue weighted by molar-refractivity contribution is 0.501. The Hall–Kier alpha value is -0.180. The van der Waals surface area contributed by atoms with Crippen LogP contribution in [-0.4, -0.2) is 24.2 Å². The third-order valence-electron chi connectivity index (χ3n) is 3.18. The molecule has 0 spiro atoms. The van der Waals surface area contributed by atoms with E-state index in [-0.39, 0.29) is 0 Å². The molecule has 2 rings (SSSR count). The van der Waals surface area contributed by atoms with E-state index in [9.17, 15) is 0 Å². The van der Waals surface area contributed by atoms with Gasteiger partial charge in [-0.3, -0.25) is 0 Å². The van der Waals surface area contributed by atoms with E-state index < -0.39 is 0 Å². The number of thioether (sulfide) groups is 1. The Morgan fingerprint density at radius 2 is 2.29 bits per heavy atom. The van der Waals surface area contributed by atoms with Gasteiger partial charge >= 0.3 is 0 Å². The second-order valence-electron chi connectivity index (χ2n) is 4.79. The summed E-state index contributed by atoms with van der Waals surface area (Å²) in [5.74, 6) is 1.45. The average molecular weight is 270 g/mol. The zero-order chi connectivity index (χ0) is 12.1. The van der Waals surface area contributed by atoms with E-state index >= 15 is 0 Å². The van der Waals surface area contributed by atoms with Gasteiger partial charge in [-0.25, -0.2) is 0 Å². The summed E-state index contributed by atoms with van der Waals surface area (Å²) < 4.78 is 0. The van der Waals surface area contributed by atoms with E-state index in [0.717, 1.165) is 25.4 Å². The summed E-state index contributed by atoms with van der Waals surface area (Å²) in [7, 11) is 0. The highest BCUT2D eigenvalue weighted by atomic mass is 35.5. The fourth-order valence-electron chi connectivity index (χ4n) is 2.15. The molecule has 1 aromatic carbocycles. The molecule has 1 aromatic rings. The van der Waals surface area contributed by atoms with Gasteiger partial charge in [-0.05, 0) is 36.9 Å². The Labute approximate surface area is 113 Å². The maximum absolute atomic E-state index is 5.73. The second kappa shape index (κ2) is 6.67. The SMILES string of the molecule is CC(CCCl)CNCC1Cc2ccccc2S1.